The van der Waals surface area contributed by atoms with Crippen molar-refractivity contribution >= 4 is 16.9 Å². The number of carbonyl (C=O) groups is 1. The topological polar surface area (TPSA) is 66.8 Å². The van der Waals surface area contributed by atoms with Gasteiger partial charge in [-0.3, -0.25) is 9.89 Å². The van der Waals surface area contributed by atoms with E-state index in [9.17, 15) is 4.79 Å². The summed E-state index contributed by atoms with van der Waals surface area (Å²) in [4.78, 5) is 19.4. The maximum absolute atomic E-state index is 12.8. The first-order chi connectivity index (χ1) is 15.3. The van der Waals surface area contributed by atoms with Crippen molar-refractivity contribution in [2.75, 3.05) is 13.1 Å². The van der Waals surface area contributed by atoms with Gasteiger partial charge < -0.3 is 9.47 Å². The molecule has 3 heterocycles. The van der Waals surface area contributed by atoms with Crippen molar-refractivity contribution in [1.29, 1.82) is 0 Å². The van der Waals surface area contributed by atoms with Crippen molar-refractivity contribution in [2.24, 2.45) is 5.92 Å². The molecule has 1 N–H and O–H groups in total. The molecule has 0 saturated carbocycles. The number of carbonyl (C=O) groups excluding carboxylic acids is 1. The zero-order valence-electron chi connectivity index (χ0n) is 17.6. The molecule has 0 aliphatic carbocycles. The van der Waals surface area contributed by atoms with Gasteiger partial charge in [-0.2, -0.15) is 5.10 Å². The quantitative estimate of drug-likeness (QED) is 0.531. The monoisotopic (exact) mass is 413 g/mol. The summed E-state index contributed by atoms with van der Waals surface area (Å²) < 4.78 is 2.26. The summed E-state index contributed by atoms with van der Waals surface area (Å²) in [6.45, 7) is 2.65. The average Bonchev–Trinajstić information content (AvgIpc) is 3.40. The Morgan fingerprint density at radius 2 is 1.97 bits per heavy atom. The summed E-state index contributed by atoms with van der Waals surface area (Å²) in [5.74, 6) is 0.798. The van der Waals surface area contributed by atoms with E-state index in [1.807, 2.05) is 49.1 Å². The molecule has 2 aromatic carbocycles. The van der Waals surface area contributed by atoms with Crippen LogP contribution in [0.15, 0.2) is 67.3 Å². The maximum atomic E-state index is 12.8. The Balaban J connectivity index is 1.23. The fourth-order valence-corrected chi connectivity index (χ4v) is 4.56. The van der Waals surface area contributed by atoms with E-state index in [1.165, 1.54) is 0 Å². The third-order valence-corrected chi connectivity index (χ3v) is 6.31. The summed E-state index contributed by atoms with van der Waals surface area (Å²) in [5.41, 5.74) is 5.45. The van der Waals surface area contributed by atoms with Gasteiger partial charge in [-0.05, 0) is 48.4 Å². The van der Waals surface area contributed by atoms with Gasteiger partial charge in [0, 0.05) is 31.4 Å². The summed E-state index contributed by atoms with van der Waals surface area (Å²) >= 11 is 0. The summed E-state index contributed by atoms with van der Waals surface area (Å²) in [6.07, 6.45) is 9.41. The molecule has 158 valence electrons. The number of fused-ring (bicyclic) bond motifs is 1. The van der Waals surface area contributed by atoms with Crippen molar-refractivity contribution in [3.05, 3.63) is 72.8 Å². The van der Waals surface area contributed by atoms with E-state index in [4.69, 9.17) is 0 Å². The minimum absolute atomic E-state index is 0.242. The minimum atomic E-state index is 0.242. The lowest BCUT2D eigenvalue weighted by atomic mass is 10.0. The lowest BCUT2D eigenvalue weighted by Crippen LogP contribution is -2.33. The number of hydrogen-bond donors (Lipinski definition) is 1. The van der Waals surface area contributed by atoms with Crippen LogP contribution in [0.3, 0.4) is 0 Å². The Labute approximate surface area is 181 Å². The molecule has 31 heavy (non-hydrogen) atoms. The number of aromatic amines is 1. The van der Waals surface area contributed by atoms with Crippen LogP contribution in [0.25, 0.3) is 22.2 Å². The SMILES string of the molecule is O=C(Cc1ccccc1)N1CCCC(Cn2cnc3cc(-c4cn[nH]c4)ccc32)CC1. The predicted molar refractivity (Wildman–Crippen MR) is 121 cm³/mol. The van der Waals surface area contributed by atoms with Crippen molar-refractivity contribution in [2.45, 2.75) is 32.2 Å². The van der Waals surface area contributed by atoms with Crippen LogP contribution in [0.1, 0.15) is 24.8 Å². The minimum Gasteiger partial charge on any atom is -0.342 e. The van der Waals surface area contributed by atoms with E-state index in [0.29, 0.717) is 12.3 Å². The molecule has 1 aliphatic heterocycles. The first kappa shape index (κ1) is 19.5. The first-order valence-electron chi connectivity index (χ1n) is 11.0. The van der Waals surface area contributed by atoms with Gasteiger partial charge in [0.1, 0.15) is 0 Å². The number of benzene rings is 2. The molecule has 6 heteroatoms. The molecule has 1 fully saturated rings. The third kappa shape index (κ3) is 4.38. The highest BCUT2D eigenvalue weighted by Crippen LogP contribution is 2.26. The van der Waals surface area contributed by atoms with Gasteiger partial charge >= 0.3 is 0 Å². The molecule has 5 rings (SSSR count). The van der Waals surface area contributed by atoms with E-state index in [1.54, 1.807) is 0 Å². The molecule has 4 aromatic rings. The van der Waals surface area contributed by atoms with Gasteiger partial charge in [0.15, 0.2) is 0 Å². The third-order valence-electron chi connectivity index (χ3n) is 6.31. The number of amides is 1. The second kappa shape index (κ2) is 8.76. The number of nitrogens with zero attached hydrogens (tertiary/aromatic N) is 4. The highest BCUT2D eigenvalue weighted by molar-refractivity contribution is 5.82. The molecule has 2 aromatic heterocycles. The van der Waals surface area contributed by atoms with Gasteiger partial charge in [-0.25, -0.2) is 4.98 Å². The van der Waals surface area contributed by atoms with Gasteiger partial charge in [0.2, 0.25) is 5.91 Å². The van der Waals surface area contributed by atoms with E-state index in [0.717, 1.165) is 66.6 Å². The van der Waals surface area contributed by atoms with Gasteiger partial charge in [-0.15, -0.1) is 0 Å². The first-order valence-corrected chi connectivity index (χ1v) is 11.0. The molecular formula is C25H27N5O. The molecule has 1 saturated heterocycles. The smallest absolute Gasteiger partial charge is 0.226 e. The molecule has 1 unspecified atom stereocenters. The number of H-pyrrole nitrogens is 1. The van der Waals surface area contributed by atoms with Crippen LogP contribution in [-0.2, 0) is 17.8 Å². The van der Waals surface area contributed by atoms with Crippen molar-refractivity contribution in [1.82, 2.24) is 24.6 Å². The number of likely N-dealkylation sites (tertiary alicyclic amines) is 1. The van der Waals surface area contributed by atoms with E-state index < -0.39 is 0 Å². The summed E-state index contributed by atoms with van der Waals surface area (Å²) in [7, 11) is 0. The number of rotatable bonds is 5. The Bertz CT molecular complexity index is 1150. The molecule has 0 radical (unpaired) electrons. The molecule has 0 bridgehead atoms. The number of aromatic nitrogens is 4. The molecule has 6 nitrogen and oxygen atoms in total. The fraction of sp³-hybridized carbons (Fsp3) is 0.320. The predicted octanol–water partition coefficient (Wildman–Crippen LogP) is 4.30. The molecule has 0 spiro atoms. The Morgan fingerprint density at radius 1 is 1.06 bits per heavy atom. The zero-order valence-corrected chi connectivity index (χ0v) is 17.6. The van der Waals surface area contributed by atoms with Crippen LogP contribution in [-0.4, -0.2) is 43.6 Å². The molecular weight excluding hydrogens is 386 g/mol. The highest BCUT2D eigenvalue weighted by atomic mass is 16.2. The Hall–Kier alpha value is -3.41. The highest BCUT2D eigenvalue weighted by Gasteiger charge is 2.21. The van der Waals surface area contributed by atoms with Crippen LogP contribution in [0.2, 0.25) is 0 Å². The van der Waals surface area contributed by atoms with Crippen LogP contribution < -0.4 is 0 Å². The summed E-state index contributed by atoms with van der Waals surface area (Å²) in [5, 5.41) is 6.90. The van der Waals surface area contributed by atoms with Crippen LogP contribution in [0.5, 0.6) is 0 Å². The van der Waals surface area contributed by atoms with E-state index >= 15 is 0 Å². The average molecular weight is 414 g/mol. The van der Waals surface area contributed by atoms with E-state index in [2.05, 4.69) is 42.8 Å². The van der Waals surface area contributed by atoms with Gasteiger partial charge in [0.05, 0.1) is 30.0 Å². The fourth-order valence-electron chi connectivity index (χ4n) is 4.56. The zero-order chi connectivity index (χ0) is 21.0. The lowest BCUT2D eigenvalue weighted by molar-refractivity contribution is -0.130. The second-order valence-corrected chi connectivity index (χ2v) is 8.43. The Kier molecular flexibility index (Phi) is 5.52. The van der Waals surface area contributed by atoms with Gasteiger partial charge in [-0.1, -0.05) is 36.4 Å². The molecule has 1 aliphatic rings. The number of imidazole rings is 1. The lowest BCUT2D eigenvalue weighted by Gasteiger charge is -2.21. The van der Waals surface area contributed by atoms with Crippen molar-refractivity contribution in [3.8, 4) is 11.1 Å². The molecule has 1 atom stereocenters. The van der Waals surface area contributed by atoms with Crippen LogP contribution in [0.4, 0.5) is 0 Å². The maximum Gasteiger partial charge on any atom is 0.226 e. The number of nitrogens with one attached hydrogen (secondary N) is 1. The normalized spacial score (nSPS) is 17.0. The van der Waals surface area contributed by atoms with Crippen molar-refractivity contribution < 1.29 is 4.79 Å². The van der Waals surface area contributed by atoms with E-state index in [-0.39, 0.29) is 5.91 Å². The standard InChI is InChI=1S/C25H27N5O/c31-25(13-19-5-2-1-3-6-19)29-11-4-7-20(10-12-29)17-30-18-26-23-14-21(8-9-24(23)30)22-15-27-28-16-22/h1-3,5-6,8-9,14-16,18,20H,4,7,10-13,17H2,(H,27,28). The molecule has 1 amide bonds. The Morgan fingerprint density at radius 3 is 2.81 bits per heavy atom. The second-order valence-electron chi connectivity index (χ2n) is 8.43. The van der Waals surface area contributed by atoms with Crippen molar-refractivity contribution in [3.63, 3.8) is 0 Å². The number of hydrogen-bond acceptors (Lipinski definition) is 3. The van der Waals surface area contributed by atoms with Crippen LogP contribution in [0, 0.1) is 5.92 Å². The van der Waals surface area contributed by atoms with Gasteiger partial charge in [0.25, 0.3) is 0 Å². The summed E-state index contributed by atoms with van der Waals surface area (Å²) in [6, 6.07) is 16.4. The largest absolute Gasteiger partial charge is 0.342 e. The van der Waals surface area contributed by atoms with Crippen LogP contribution >= 0.6 is 0 Å².